The molecule has 0 spiro atoms. The van der Waals surface area contributed by atoms with Crippen molar-refractivity contribution in [1.82, 2.24) is 14.9 Å². The summed E-state index contributed by atoms with van der Waals surface area (Å²) in [6.45, 7) is 1.25. The fourth-order valence-electron chi connectivity index (χ4n) is 3.89. The maximum Gasteiger partial charge on any atom is 0.407 e. The van der Waals surface area contributed by atoms with Crippen LogP contribution < -0.4 is 10.6 Å². The predicted molar refractivity (Wildman–Crippen MR) is 144 cm³/mol. The number of hydrogen-bond donors (Lipinski definition) is 4. The van der Waals surface area contributed by atoms with Gasteiger partial charge in [-0.15, -0.1) is 0 Å². The molecule has 4 N–H and O–H groups in total. The number of aliphatic hydroxyl groups is 2. The Kier molecular flexibility index (Phi) is 12.5. The van der Waals surface area contributed by atoms with E-state index in [1.165, 1.54) is 38.4 Å². The van der Waals surface area contributed by atoms with E-state index in [9.17, 15) is 28.2 Å². The van der Waals surface area contributed by atoms with Crippen molar-refractivity contribution in [3.05, 3.63) is 64.7 Å². The zero-order valence-corrected chi connectivity index (χ0v) is 23.3. The first kappa shape index (κ1) is 31.5. The Bertz CT molecular complexity index is 1160. The Morgan fingerprint density at radius 2 is 1.71 bits per heavy atom. The highest BCUT2D eigenvalue weighted by molar-refractivity contribution is 7.89. The van der Waals surface area contributed by atoms with Crippen LogP contribution in [0.2, 0.25) is 5.02 Å². The summed E-state index contributed by atoms with van der Waals surface area (Å²) in [5.74, 6) is -0.410. The number of benzene rings is 2. The maximum absolute atomic E-state index is 13.0. The van der Waals surface area contributed by atoms with Gasteiger partial charge >= 0.3 is 6.09 Å². The Hall–Kier alpha value is -2.70. The average Bonchev–Trinajstić information content (AvgIpc) is 2.91. The molecule has 38 heavy (non-hydrogen) atoms. The number of ether oxygens (including phenoxy) is 1. The second-order valence-corrected chi connectivity index (χ2v) is 11.4. The van der Waals surface area contributed by atoms with Crippen molar-refractivity contribution in [2.24, 2.45) is 0 Å². The highest BCUT2D eigenvalue weighted by Gasteiger charge is 2.28. The van der Waals surface area contributed by atoms with E-state index in [0.29, 0.717) is 35.4 Å². The number of sulfonamides is 1. The van der Waals surface area contributed by atoms with Crippen molar-refractivity contribution in [3.63, 3.8) is 0 Å². The van der Waals surface area contributed by atoms with E-state index in [0.717, 1.165) is 4.31 Å². The number of carbonyl (C=O) groups is 2. The average molecular weight is 570 g/mol. The molecule has 0 saturated heterocycles. The van der Waals surface area contributed by atoms with Crippen molar-refractivity contribution >= 4 is 33.6 Å². The van der Waals surface area contributed by atoms with Gasteiger partial charge in [0.25, 0.3) is 0 Å². The van der Waals surface area contributed by atoms with Crippen LogP contribution in [0.4, 0.5) is 4.79 Å². The van der Waals surface area contributed by atoms with Crippen LogP contribution in [-0.2, 0) is 32.6 Å². The van der Waals surface area contributed by atoms with Crippen LogP contribution in [0.15, 0.2) is 53.4 Å². The van der Waals surface area contributed by atoms with Gasteiger partial charge in [-0.1, -0.05) is 41.9 Å². The number of rotatable bonds is 14. The molecule has 0 unspecified atom stereocenters. The quantitative estimate of drug-likeness (QED) is 0.273. The molecule has 2 amide bonds. The first-order valence-electron chi connectivity index (χ1n) is 12.2. The van der Waals surface area contributed by atoms with Crippen molar-refractivity contribution in [3.8, 4) is 0 Å². The third kappa shape index (κ3) is 8.95. The highest BCUT2D eigenvalue weighted by Crippen LogP contribution is 2.21. The zero-order valence-electron chi connectivity index (χ0n) is 21.8. The van der Waals surface area contributed by atoms with E-state index in [2.05, 4.69) is 15.4 Å². The van der Waals surface area contributed by atoms with Crippen LogP contribution in [0, 0.1) is 0 Å². The SMILES string of the molecule is COC(=O)N[C@@H](Cc1ccccc1Cl)C(=O)N[C@@H](C)CCC[C@@H](CO)N(C)S(=O)(=O)c1ccc(CO)cc1. The number of methoxy groups -OCH3 is 1. The molecule has 0 heterocycles. The molecule has 10 nitrogen and oxygen atoms in total. The minimum atomic E-state index is -3.84. The molecule has 3 atom stereocenters. The first-order valence-corrected chi connectivity index (χ1v) is 14.0. The molecule has 2 aromatic rings. The van der Waals surface area contributed by atoms with Crippen molar-refractivity contribution in [2.45, 2.75) is 62.2 Å². The molecule has 0 aliphatic rings. The molecule has 0 aliphatic carbocycles. The van der Waals surface area contributed by atoms with E-state index in [4.69, 9.17) is 11.6 Å². The zero-order chi connectivity index (χ0) is 28.3. The summed E-state index contributed by atoms with van der Waals surface area (Å²) < 4.78 is 31.7. The van der Waals surface area contributed by atoms with Crippen LogP contribution in [0.5, 0.6) is 0 Å². The van der Waals surface area contributed by atoms with Crippen LogP contribution in [0.3, 0.4) is 0 Å². The second kappa shape index (κ2) is 15.0. The van der Waals surface area contributed by atoms with Gasteiger partial charge < -0.3 is 25.6 Å². The molecule has 2 aromatic carbocycles. The van der Waals surface area contributed by atoms with Gasteiger partial charge in [0.1, 0.15) is 6.04 Å². The van der Waals surface area contributed by atoms with Gasteiger partial charge in [0.2, 0.25) is 15.9 Å². The monoisotopic (exact) mass is 569 g/mol. The van der Waals surface area contributed by atoms with E-state index in [1.807, 2.05) is 0 Å². The maximum atomic E-state index is 13.0. The van der Waals surface area contributed by atoms with Crippen LogP contribution in [0.1, 0.15) is 37.3 Å². The topological polar surface area (TPSA) is 145 Å². The van der Waals surface area contributed by atoms with Gasteiger partial charge in [-0.2, -0.15) is 4.31 Å². The summed E-state index contributed by atoms with van der Waals surface area (Å²) in [7, 11) is -1.22. The number of alkyl carbamates (subject to hydrolysis) is 1. The minimum Gasteiger partial charge on any atom is -0.453 e. The minimum absolute atomic E-state index is 0.0685. The number of hydrogen-bond acceptors (Lipinski definition) is 7. The lowest BCUT2D eigenvalue weighted by molar-refractivity contribution is -0.123. The number of likely N-dealkylation sites (N-methyl/N-ethyl adjacent to an activating group) is 1. The van der Waals surface area contributed by atoms with Gasteiger partial charge in [0.05, 0.1) is 25.2 Å². The smallest absolute Gasteiger partial charge is 0.407 e. The molecular weight excluding hydrogens is 534 g/mol. The summed E-state index contributed by atoms with van der Waals surface area (Å²) >= 11 is 6.22. The Labute approximate surface area is 229 Å². The number of nitrogens with one attached hydrogen (secondary N) is 2. The summed E-state index contributed by atoms with van der Waals surface area (Å²) in [6.07, 6.45) is 0.825. The molecule has 0 aliphatic heterocycles. The fourth-order valence-corrected chi connectivity index (χ4v) is 5.48. The number of amides is 2. The van der Waals surface area contributed by atoms with Crippen LogP contribution in [-0.4, -0.2) is 73.8 Å². The lowest BCUT2D eigenvalue weighted by atomic mass is 10.0. The van der Waals surface area contributed by atoms with Gasteiger partial charge in [0.15, 0.2) is 0 Å². The summed E-state index contributed by atoms with van der Waals surface area (Å²) in [5.41, 5.74) is 1.29. The third-order valence-corrected chi connectivity index (χ3v) is 8.54. The second-order valence-electron chi connectivity index (χ2n) is 8.98. The number of halogens is 1. The summed E-state index contributed by atoms with van der Waals surface area (Å²) in [4.78, 5) is 24.8. The van der Waals surface area contributed by atoms with Gasteiger partial charge in [-0.05, 0) is 55.5 Å². The normalized spacial score (nSPS) is 14.0. The molecule has 12 heteroatoms. The van der Waals surface area contributed by atoms with Gasteiger partial charge in [-0.25, -0.2) is 13.2 Å². The molecule has 0 saturated carbocycles. The molecule has 210 valence electrons. The predicted octanol–water partition coefficient (Wildman–Crippen LogP) is 2.46. The number of carbonyl (C=O) groups excluding carboxylic acids is 2. The first-order chi connectivity index (χ1) is 18.0. The van der Waals surface area contributed by atoms with E-state index in [-0.39, 0.29) is 30.6 Å². The lowest BCUT2D eigenvalue weighted by Crippen LogP contribution is -2.50. The van der Waals surface area contributed by atoms with Gasteiger partial charge in [0, 0.05) is 30.6 Å². The largest absolute Gasteiger partial charge is 0.453 e. The Morgan fingerprint density at radius 3 is 2.29 bits per heavy atom. The summed E-state index contributed by atoms with van der Waals surface area (Å²) in [6, 6.07) is 11.1. The molecular formula is C26H36ClN3O7S. The molecule has 2 rings (SSSR count). The van der Waals surface area contributed by atoms with Crippen LogP contribution >= 0.6 is 11.6 Å². The number of nitrogens with zero attached hydrogens (tertiary/aromatic N) is 1. The Morgan fingerprint density at radius 1 is 1.05 bits per heavy atom. The van der Waals surface area contributed by atoms with E-state index < -0.39 is 34.1 Å². The van der Waals surface area contributed by atoms with Crippen molar-refractivity contribution in [1.29, 1.82) is 0 Å². The van der Waals surface area contributed by atoms with E-state index in [1.54, 1.807) is 31.2 Å². The van der Waals surface area contributed by atoms with Crippen molar-refractivity contribution in [2.75, 3.05) is 20.8 Å². The molecule has 0 bridgehead atoms. The number of aliphatic hydroxyl groups excluding tert-OH is 2. The molecule has 0 aromatic heterocycles. The van der Waals surface area contributed by atoms with Gasteiger partial charge in [-0.3, -0.25) is 4.79 Å². The van der Waals surface area contributed by atoms with E-state index >= 15 is 0 Å². The highest BCUT2D eigenvalue weighted by atomic mass is 35.5. The standard InChI is InChI=1S/C26H36ClN3O7S/c1-18(28-25(33)24(29-26(34)37-3)15-20-8-4-5-10-23(20)27)7-6-9-21(17-32)30(2)38(35,36)22-13-11-19(16-31)12-14-22/h4-5,8,10-14,18,21,24,31-32H,6-7,9,15-17H2,1-3H3,(H,28,33)(H,29,34)/t18-,21-,24-/m0/s1. The van der Waals surface area contributed by atoms with Crippen LogP contribution in [0.25, 0.3) is 0 Å². The Balaban J connectivity index is 1.96. The lowest BCUT2D eigenvalue weighted by Gasteiger charge is -2.27. The molecule has 0 radical (unpaired) electrons. The fraction of sp³-hybridized carbons (Fsp3) is 0.462. The third-order valence-electron chi connectivity index (χ3n) is 6.25. The van der Waals surface area contributed by atoms with Crippen molar-refractivity contribution < 1.29 is 33.0 Å². The molecule has 0 fully saturated rings. The summed E-state index contributed by atoms with van der Waals surface area (Å²) in [5, 5.41) is 24.9.